The normalized spacial score (nSPS) is 16.9. The Morgan fingerprint density at radius 1 is 1.38 bits per heavy atom. The number of hydrogen-bond acceptors (Lipinski definition) is 7. The van der Waals surface area contributed by atoms with Crippen molar-refractivity contribution in [2.75, 3.05) is 6.61 Å². The fourth-order valence-electron chi connectivity index (χ4n) is 2.40. The zero-order chi connectivity index (χ0) is 17.1. The van der Waals surface area contributed by atoms with E-state index in [9.17, 15) is 9.59 Å². The summed E-state index contributed by atoms with van der Waals surface area (Å²) in [4.78, 5) is 24.6. The van der Waals surface area contributed by atoms with Crippen molar-refractivity contribution in [3.8, 4) is 0 Å². The molecule has 2 heterocycles. The predicted molar refractivity (Wildman–Crippen MR) is 86.8 cm³/mol. The van der Waals surface area contributed by atoms with Crippen molar-refractivity contribution in [1.29, 1.82) is 0 Å². The number of carbonyl (C=O) groups is 2. The minimum Gasteiger partial charge on any atom is -0.463 e. The quantitative estimate of drug-likeness (QED) is 0.607. The Bertz CT molecular complexity index is 751. The third-order valence-corrected chi connectivity index (χ3v) is 4.90. The van der Waals surface area contributed by atoms with Crippen molar-refractivity contribution in [2.45, 2.75) is 37.0 Å². The number of benzene rings is 1. The Morgan fingerprint density at radius 2 is 2.17 bits per heavy atom. The number of ether oxygens (including phenoxy) is 2. The molecule has 1 fully saturated rings. The van der Waals surface area contributed by atoms with Gasteiger partial charge in [-0.15, -0.1) is 11.8 Å². The maximum Gasteiger partial charge on any atom is 0.347 e. The topological polar surface area (TPSA) is 78.6 Å². The van der Waals surface area contributed by atoms with Gasteiger partial charge in [0.25, 0.3) is 0 Å². The fraction of sp³-hybridized carbons (Fsp3) is 0.353. The molecule has 6 nitrogen and oxygen atoms in total. The first-order chi connectivity index (χ1) is 11.6. The number of rotatable bonds is 5. The highest BCUT2D eigenvalue weighted by Gasteiger charge is 2.31. The van der Waals surface area contributed by atoms with Crippen molar-refractivity contribution in [2.24, 2.45) is 0 Å². The Hall–Kier alpha value is -2.28. The van der Waals surface area contributed by atoms with Gasteiger partial charge in [-0.1, -0.05) is 17.3 Å². The highest BCUT2D eigenvalue weighted by Crippen LogP contribution is 2.29. The van der Waals surface area contributed by atoms with E-state index in [1.54, 1.807) is 12.1 Å². The second-order valence-corrected chi connectivity index (χ2v) is 6.45. The summed E-state index contributed by atoms with van der Waals surface area (Å²) in [6, 6.07) is 7.17. The van der Waals surface area contributed by atoms with Crippen LogP contribution in [-0.2, 0) is 20.0 Å². The molecule has 0 spiro atoms. The number of nitrogens with zero attached hydrogens (tertiary/aromatic N) is 1. The highest BCUT2D eigenvalue weighted by molar-refractivity contribution is 7.98. The number of thioether (sulfide) groups is 1. The summed E-state index contributed by atoms with van der Waals surface area (Å²) in [6.07, 6.45) is -0.406. The van der Waals surface area contributed by atoms with E-state index in [4.69, 9.17) is 14.0 Å². The smallest absolute Gasteiger partial charge is 0.347 e. The van der Waals surface area contributed by atoms with Gasteiger partial charge in [-0.05, 0) is 26.0 Å². The number of hydrogen-bond donors (Lipinski definition) is 0. The third kappa shape index (κ3) is 3.46. The maximum absolute atomic E-state index is 12.4. The van der Waals surface area contributed by atoms with Crippen LogP contribution in [0.15, 0.2) is 33.7 Å². The maximum atomic E-state index is 12.4. The monoisotopic (exact) mass is 347 g/mol. The second kappa shape index (κ2) is 7.09. The van der Waals surface area contributed by atoms with Crippen molar-refractivity contribution in [3.05, 3.63) is 46.8 Å². The molecular formula is C17H17NO5S. The largest absolute Gasteiger partial charge is 0.463 e. The molecule has 1 atom stereocenters. The molecule has 1 aromatic carbocycles. The van der Waals surface area contributed by atoms with Gasteiger partial charge in [0.15, 0.2) is 0 Å². The Kier molecular flexibility index (Phi) is 4.89. The molecule has 1 aliphatic rings. The molecule has 1 aromatic heterocycles. The minimum atomic E-state index is -0.807. The average molecular weight is 347 g/mol. The van der Waals surface area contributed by atoms with Crippen LogP contribution in [0, 0.1) is 13.8 Å². The summed E-state index contributed by atoms with van der Waals surface area (Å²) < 4.78 is 15.2. The van der Waals surface area contributed by atoms with E-state index in [0.29, 0.717) is 24.3 Å². The van der Waals surface area contributed by atoms with Gasteiger partial charge in [0, 0.05) is 22.6 Å². The van der Waals surface area contributed by atoms with Gasteiger partial charge in [0.2, 0.25) is 6.10 Å². The van der Waals surface area contributed by atoms with Gasteiger partial charge in [0.1, 0.15) is 5.76 Å². The zero-order valence-electron chi connectivity index (χ0n) is 13.4. The van der Waals surface area contributed by atoms with Crippen LogP contribution in [-0.4, -0.2) is 29.8 Å². The highest BCUT2D eigenvalue weighted by atomic mass is 32.2. The van der Waals surface area contributed by atoms with E-state index in [1.807, 2.05) is 26.0 Å². The number of aromatic nitrogens is 1. The number of carbonyl (C=O) groups excluding carboxylic acids is 2. The van der Waals surface area contributed by atoms with E-state index < -0.39 is 18.0 Å². The van der Waals surface area contributed by atoms with E-state index in [-0.39, 0.29) is 0 Å². The first-order valence-corrected chi connectivity index (χ1v) is 8.56. The van der Waals surface area contributed by atoms with Crippen LogP contribution in [0.3, 0.4) is 0 Å². The predicted octanol–water partition coefficient (Wildman–Crippen LogP) is 3.06. The molecule has 0 bridgehead atoms. The van der Waals surface area contributed by atoms with E-state index in [0.717, 1.165) is 21.9 Å². The summed E-state index contributed by atoms with van der Waals surface area (Å²) in [7, 11) is 0. The molecule has 3 rings (SSSR count). The number of cyclic esters (lactones) is 1. The van der Waals surface area contributed by atoms with Crippen molar-refractivity contribution in [1.82, 2.24) is 5.16 Å². The van der Waals surface area contributed by atoms with Crippen LogP contribution in [0.4, 0.5) is 0 Å². The molecular weight excluding hydrogens is 330 g/mol. The Morgan fingerprint density at radius 3 is 2.83 bits per heavy atom. The summed E-state index contributed by atoms with van der Waals surface area (Å²) in [6.45, 7) is 4.04. The van der Waals surface area contributed by atoms with E-state index in [1.165, 1.54) is 11.8 Å². The first kappa shape index (κ1) is 16.6. The first-order valence-electron chi connectivity index (χ1n) is 7.57. The van der Waals surface area contributed by atoms with E-state index >= 15 is 0 Å². The summed E-state index contributed by atoms with van der Waals surface area (Å²) >= 11 is 1.50. The summed E-state index contributed by atoms with van der Waals surface area (Å²) in [5.41, 5.74) is 2.30. The lowest BCUT2D eigenvalue weighted by atomic mass is 10.2. The lowest BCUT2D eigenvalue weighted by Crippen LogP contribution is -2.23. The average Bonchev–Trinajstić information content (AvgIpc) is 3.12. The van der Waals surface area contributed by atoms with Gasteiger partial charge in [-0.3, -0.25) is 0 Å². The van der Waals surface area contributed by atoms with Crippen molar-refractivity contribution in [3.63, 3.8) is 0 Å². The van der Waals surface area contributed by atoms with Crippen LogP contribution in [0.2, 0.25) is 0 Å². The number of esters is 2. The second-order valence-electron chi connectivity index (χ2n) is 5.44. The lowest BCUT2D eigenvalue weighted by molar-refractivity contribution is -0.145. The van der Waals surface area contributed by atoms with Gasteiger partial charge in [0.05, 0.1) is 17.9 Å². The third-order valence-electron chi connectivity index (χ3n) is 3.80. The molecule has 0 radical (unpaired) electrons. The van der Waals surface area contributed by atoms with E-state index in [2.05, 4.69) is 5.16 Å². The van der Waals surface area contributed by atoms with Crippen LogP contribution in [0.1, 0.15) is 33.8 Å². The number of aryl methyl sites for hydroxylation is 2. The standard InChI is InChI=1S/C17H17NO5S/c1-10-13(11(2)23-18-10)9-24-15-6-4-3-5-12(15)16(19)22-14-7-8-21-17(14)20/h3-6,14H,7-9H2,1-2H3. The molecule has 0 N–H and O–H groups in total. The van der Waals surface area contributed by atoms with Gasteiger partial charge < -0.3 is 14.0 Å². The molecule has 1 saturated heterocycles. The van der Waals surface area contributed by atoms with Crippen LogP contribution in [0.25, 0.3) is 0 Å². The Balaban J connectivity index is 1.73. The molecule has 1 aliphatic heterocycles. The fourth-order valence-corrected chi connectivity index (χ4v) is 3.59. The summed E-state index contributed by atoms with van der Waals surface area (Å²) in [5.74, 6) is 0.412. The van der Waals surface area contributed by atoms with Crippen LogP contribution in [0.5, 0.6) is 0 Å². The molecule has 1 unspecified atom stereocenters. The molecule has 0 saturated carbocycles. The molecule has 24 heavy (non-hydrogen) atoms. The summed E-state index contributed by atoms with van der Waals surface area (Å²) in [5, 5.41) is 3.93. The van der Waals surface area contributed by atoms with Crippen molar-refractivity contribution >= 4 is 23.7 Å². The SMILES string of the molecule is Cc1noc(C)c1CSc1ccccc1C(=O)OC1CCOC1=O. The van der Waals surface area contributed by atoms with Gasteiger partial charge in [-0.25, -0.2) is 9.59 Å². The minimum absolute atomic E-state index is 0.291. The molecule has 7 heteroatoms. The van der Waals surface area contributed by atoms with Gasteiger partial charge in [-0.2, -0.15) is 0 Å². The Labute approximate surface area is 143 Å². The molecule has 2 aromatic rings. The van der Waals surface area contributed by atoms with Gasteiger partial charge >= 0.3 is 11.9 Å². The molecule has 0 aliphatic carbocycles. The van der Waals surface area contributed by atoms with Crippen LogP contribution < -0.4 is 0 Å². The van der Waals surface area contributed by atoms with Crippen LogP contribution >= 0.6 is 11.8 Å². The zero-order valence-corrected chi connectivity index (χ0v) is 14.2. The van der Waals surface area contributed by atoms with Crippen molar-refractivity contribution < 1.29 is 23.6 Å². The molecule has 0 amide bonds. The molecule has 126 valence electrons. The lowest BCUT2D eigenvalue weighted by Gasteiger charge is -2.11.